The first kappa shape index (κ1) is 15.2. The predicted octanol–water partition coefficient (Wildman–Crippen LogP) is 3.17. The zero-order chi connectivity index (χ0) is 17.2. The molecule has 124 valence electrons. The summed E-state index contributed by atoms with van der Waals surface area (Å²) in [5.74, 6) is -0.295. The summed E-state index contributed by atoms with van der Waals surface area (Å²) in [4.78, 5) is 16.9. The topological polar surface area (TPSA) is 66.6 Å². The van der Waals surface area contributed by atoms with E-state index < -0.39 is 0 Å². The first-order valence-electron chi connectivity index (χ1n) is 8.13. The Kier molecular flexibility index (Phi) is 3.82. The number of hydrogen-bond acceptors (Lipinski definition) is 3. The highest BCUT2D eigenvalue weighted by atomic mass is 16.3. The van der Waals surface area contributed by atoms with Gasteiger partial charge in [-0.25, -0.2) is 4.98 Å². The molecular formula is C20H17N3O2. The summed E-state index contributed by atoms with van der Waals surface area (Å²) in [6.45, 7) is 0.453. The molecule has 0 aliphatic rings. The van der Waals surface area contributed by atoms with E-state index in [1.54, 1.807) is 12.1 Å². The monoisotopic (exact) mass is 331 g/mol. The van der Waals surface area contributed by atoms with Gasteiger partial charge in [0, 0.05) is 25.4 Å². The third kappa shape index (κ3) is 3.04. The molecule has 2 heterocycles. The van der Waals surface area contributed by atoms with Gasteiger partial charge >= 0.3 is 0 Å². The second kappa shape index (κ2) is 6.28. The van der Waals surface area contributed by atoms with Gasteiger partial charge in [0.1, 0.15) is 11.4 Å². The van der Waals surface area contributed by atoms with Crippen molar-refractivity contribution in [3.05, 3.63) is 78.2 Å². The summed E-state index contributed by atoms with van der Waals surface area (Å²) >= 11 is 0. The number of fused-ring (bicyclic) bond motifs is 2. The minimum atomic E-state index is -0.285. The average Bonchev–Trinajstić information content (AvgIpc) is 3.03. The summed E-state index contributed by atoms with van der Waals surface area (Å²) in [6, 6.07) is 16.8. The SMILES string of the molecule is O=C(NCCc1cn2ccccc2n1)c1cc2ccccc2cc1O. The van der Waals surface area contributed by atoms with E-state index in [4.69, 9.17) is 0 Å². The Balaban J connectivity index is 1.46. The number of nitrogens with zero attached hydrogens (tertiary/aromatic N) is 2. The van der Waals surface area contributed by atoms with Crippen molar-refractivity contribution >= 4 is 22.3 Å². The van der Waals surface area contributed by atoms with E-state index in [1.165, 1.54) is 0 Å². The fourth-order valence-electron chi connectivity index (χ4n) is 2.92. The lowest BCUT2D eigenvalue weighted by Crippen LogP contribution is -2.25. The van der Waals surface area contributed by atoms with Crippen molar-refractivity contribution in [3.63, 3.8) is 0 Å². The number of hydrogen-bond donors (Lipinski definition) is 2. The molecule has 2 aromatic heterocycles. The van der Waals surface area contributed by atoms with Crippen molar-refractivity contribution in [3.8, 4) is 5.75 Å². The summed E-state index contributed by atoms with van der Waals surface area (Å²) < 4.78 is 1.95. The molecule has 4 aromatic rings. The van der Waals surface area contributed by atoms with Crippen LogP contribution < -0.4 is 5.32 Å². The van der Waals surface area contributed by atoms with Crippen LogP contribution in [0.3, 0.4) is 0 Å². The number of carbonyl (C=O) groups is 1. The first-order chi connectivity index (χ1) is 12.2. The summed E-state index contributed by atoms with van der Waals surface area (Å²) in [5.41, 5.74) is 2.08. The lowest BCUT2D eigenvalue weighted by Gasteiger charge is -2.08. The van der Waals surface area contributed by atoms with Crippen molar-refractivity contribution in [2.45, 2.75) is 6.42 Å². The predicted molar refractivity (Wildman–Crippen MR) is 96.8 cm³/mol. The van der Waals surface area contributed by atoms with Gasteiger partial charge in [-0.15, -0.1) is 0 Å². The van der Waals surface area contributed by atoms with Crippen LogP contribution in [0.4, 0.5) is 0 Å². The highest BCUT2D eigenvalue weighted by Crippen LogP contribution is 2.24. The minimum Gasteiger partial charge on any atom is -0.507 e. The van der Waals surface area contributed by atoms with Crippen molar-refractivity contribution in [1.29, 1.82) is 0 Å². The van der Waals surface area contributed by atoms with Crippen LogP contribution in [0.5, 0.6) is 5.75 Å². The number of rotatable bonds is 4. The summed E-state index contributed by atoms with van der Waals surface area (Å²) in [6.07, 6.45) is 4.52. The molecule has 0 unspecified atom stereocenters. The smallest absolute Gasteiger partial charge is 0.255 e. The quantitative estimate of drug-likeness (QED) is 0.604. The van der Waals surface area contributed by atoms with Crippen molar-refractivity contribution in [2.75, 3.05) is 6.54 Å². The average molecular weight is 331 g/mol. The standard InChI is InChI=1S/C20H17N3O2/c24-18-12-15-6-2-1-5-14(15)11-17(18)20(25)21-9-8-16-13-23-10-4-3-7-19(23)22-16/h1-7,10-13,24H,8-9H2,(H,21,25). The van der Waals surface area contributed by atoms with Crippen molar-refractivity contribution in [2.24, 2.45) is 0 Å². The van der Waals surface area contributed by atoms with Gasteiger partial charge in [-0.2, -0.15) is 0 Å². The van der Waals surface area contributed by atoms with Gasteiger partial charge < -0.3 is 14.8 Å². The van der Waals surface area contributed by atoms with Crippen LogP contribution in [0.2, 0.25) is 0 Å². The number of phenols is 1. The van der Waals surface area contributed by atoms with Crippen LogP contribution in [0.15, 0.2) is 67.0 Å². The molecular weight excluding hydrogens is 314 g/mol. The molecule has 2 N–H and O–H groups in total. The van der Waals surface area contributed by atoms with E-state index in [0.29, 0.717) is 13.0 Å². The van der Waals surface area contributed by atoms with E-state index >= 15 is 0 Å². The molecule has 0 atom stereocenters. The second-order valence-corrected chi connectivity index (χ2v) is 5.92. The highest BCUT2D eigenvalue weighted by Gasteiger charge is 2.12. The maximum atomic E-state index is 12.4. The largest absolute Gasteiger partial charge is 0.507 e. The van der Waals surface area contributed by atoms with Gasteiger partial charge in [0.05, 0.1) is 11.3 Å². The second-order valence-electron chi connectivity index (χ2n) is 5.92. The molecule has 0 spiro atoms. The van der Waals surface area contributed by atoms with Crippen LogP contribution in [0.1, 0.15) is 16.1 Å². The van der Waals surface area contributed by atoms with Crippen LogP contribution in [-0.4, -0.2) is 26.9 Å². The number of carbonyl (C=O) groups excluding carboxylic acids is 1. The number of amides is 1. The molecule has 0 bridgehead atoms. The molecule has 0 aliphatic carbocycles. The van der Waals surface area contributed by atoms with Gasteiger partial charge in [-0.1, -0.05) is 30.3 Å². The number of aromatic hydroxyl groups is 1. The van der Waals surface area contributed by atoms with E-state index in [-0.39, 0.29) is 17.2 Å². The molecule has 0 aliphatic heterocycles. The molecule has 0 saturated carbocycles. The maximum absolute atomic E-state index is 12.4. The fraction of sp³-hybridized carbons (Fsp3) is 0.100. The Bertz CT molecular complexity index is 1040. The number of benzene rings is 2. The molecule has 4 rings (SSSR count). The maximum Gasteiger partial charge on any atom is 0.255 e. The Labute approximate surface area is 144 Å². The molecule has 0 saturated heterocycles. The molecule has 5 nitrogen and oxygen atoms in total. The third-order valence-corrected chi connectivity index (χ3v) is 4.19. The highest BCUT2D eigenvalue weighted by molar-refractivity contribution is 6.01. The lowest BCUT2D eigenvalue weighted by molar-refractivity contribution is 0.0951. The molecule has 2 aromatic carbocycles. The Hall–Kier alpha value is -3.34. The zero-order valence-electron chi connectivity index (χ0n) is 13.5. The zero-order valence-corrected chi connectivity index (χ0v) is 13.5. The fourth-order valence-corrected chi connectivity index (χ4v) is 2.92. The summed E-state index contributed by atoms with van der Waals surface area (Å²) in [5, 5.41) is 14.8. The van der Waals surface area contributed by atoms with Gasteiger partial charge in [-0.05, 0) is 35.0 Å². The third-order valence-electron chi connectivity index (χ3n) is 4.19. The van der Waals surface area contributed by atoms with E-state index in [0.717, 1.165) is 22.1 Å². The van der Waals surface area contributed by atoms with Crippen LogP contribution in [-0.2, 0) is 6.42 Å². The molecule has 0 fully saturated rings. The molecule has 1 amide bonds. The number of phenolic OH excluding ortho intramolecular Hbond substituents is 1. The van der Waals surface area contributed by atoms with Gasteiger partial charge in [0.2, 0.25) is 0 Å². The van der Waals surface area contributed by atoms with Crippen LogP contribution >= 0.6 is 0 Å². The molecule has 5 heteroatoms. The van der Waals surface area contributed by atoms with Gasteiger partial charge in [0.25, 0.3) is 5.91 Å². The molecule has 25 heavy (non-hydrogen) atoms. The Morgan fingerprint density at radius 1 is 1.08 bits per heavy atom. The lowest BCUT2D eigenvalue weighted by atomic mass is 10.1. The van der Waals surface area contributed by atoms with Gasteiger partial charge in [0.15, 0.2) is 0 Å². The van der Waals surface area contributed by atoms with E-state index in [9.17, 15) is 9.90 Å². The summed E-state index contributed by atoms with van der Waals surface area (Å²) in [7, 11) is 0. The Morgan fingerprint density at radius 3 is 2.64 bits per heavy atom. The van der Waals surface area contributed by atoms with E-state index in [2.05, 4.69) is 10.3 Å². The number of aromatic nitrogens is 2. The minimum absolute atomic E-state index is 0.0102. The Morgan fingerprint density at radius 2 is 1.84 bits per heavy atom. The van der Waals surface area contributed by atoms with Crippen molar-refractivity contribution in [1.82, 2.24) is 14.7 Å². The normalized spacial score (nSPS) is 11.0. The number of imidazole rings is 1. The van der Waals surface area contributed by atoms with E-state index in [1.807, 2.05) is 59.3 Å². The van der Waals surface area contributed by atoms with Crippen LogP contribution in [0, 0.1) is 0 Å². The van der Waals surface area contributed by atoms with Crippen LogP contribution in [0.25, 0.3) is 16.4 Å². The number of pyridine rings is 1. The van der Waals surface area contributed by atoms with Crippen molar-refractivity contribution < 1.29 is 9.90 Å². The van der Waals surface area contributed by atoms with Gasteiger partial charge in [-0.3, -0.25) is 4.79 Å². The number of nitrogens with one attached hydrogen (secondary N) is 1. The molecule has 0 radical (unpaired) electrons. The first-order valence-corrected chi connectivity index (χ1v) is 8.13.